The predicted molar refractivity (Wildman–Crippen MR) is 101 cm³/mol. The summed E-state index contributed by atoms with van der Waals surface area (Å²) >= 11 is 0. The van der Waals surface area contributed by atoms with Gasteiger partial charge in [0.2, 0.25) is 11.8 Å². The molecule has 0 bridgehead atoms. The van der Waals surface area contributed by atoms with Crippen molar-refractivity contribution in [1.82, 2.24) is 0 Å². The van der Waals surface area contributed by atoms with Crippen molar-refractivity contribution >= 4 is 34.9 Å². The summed E-state index contributed by atoms with van der Waals surface area (Å²) in [6.45, 7) is 0. The molecule has 2 aromatic carbocycles. The smallest absolute Gasteiger partial charge is 0.224 e. The Morgan fingerprint density at radius 1 is 0.692 bits per heavy atom. The van der Waals surface area contributed by atoms with Crippen molar-refractivity contribution in [3.05, 3.63) is 59.7 Å². The molecule has 0 aliphatic heterocycles. The molecule has 0 fully saturated rings. The van der Waals surface area contributed by atoms with E-state index in [2.05, 4.69) is 10.6 Å². The lowest BCUT2D eigenvalue weighted by molar-refractivity contribution is -0.121. The van der Waals surface area contributed by atoms with E-state index in [9.17, 15) is 9.59 Å². The van der Waals surface area contributed by atoms with Crippen LogP contribution in [-0.2, 0) is 9.59 Å². The zero-order chi connectivity index (χ0) is 19.1. The molecule has 0 unspecified atom stereocenters. The average molecular weight is 352 g/mol. The number of nitrogen functional groups attached to an aromatic ring is 2. The molecular formula is C18H20N6O2. The third-order valence-electron chi connectivity index (χ3n) is 3.54. The van der Waals surface area contributed by atoms with Gasteiger partial charge in [-0.1, -0.05) is 0 Å². The minimum Gasteiger partial charge on any atom is -0.384 e. The summed E-state index contributed by atoms with van der Waals surface area (Å²) in [6, 6.07) is 13.1. The number of carbonyl (C=O) groups is 2. The van der Waals surface area contributed by atoms with Crippen LogP contribution in [0.25, 0.3) is 0 Å². The number of hydrogen-bond acceptors (Lipinski definition) is 4. The van der Waals surface area contributed by atoms with E-state index in [0.717, 1.165) is 0 Å². The maximum Gasteiger partial charge on any atom is 0.224 e. The molecule has 2 amide bonds. The van der Waals surface area contributed by atoms with Crippen LogP contribution < -0.4 is 22.1 Å². The Bertz CT molecular complexity index is 756. The molecule has 0 radical (unpaired) electrons. The third kappa shape index (κ3) is 5.45. The fraction of sp³-hybridized carbons (Fsp3) is 0.111. The highest BCUT2D eigenvalue weighted by molar-refractivity contribution is 5.99. The molecule has 0 spiro atoms. The number of nitrogens with two attached hydrogens (primary N) is 2. The van der Waals surface area contributed by atoms with Crippen molar-refractivity contribution in [3.63, 3.8) is 0 Å². The molecule has 8 heteroatoms. The number of anilines is 2. The zero-order valence-corrected chi connectivity index (χ0v) is 14.0. The SMILES string of the molecule is N=C(N)c1ccc(NC(=O)CCC(=O)Nc2ccc(C(=N)N)cc2)cc1. The number of carbonyl (C=O) groups excluding carboxylic acids is 2. The van der Waals surface area contributed by atoms with E-state index in [1.54, 1.807) is 48.5 Å². The van der Waals surface area contributed by atoms with E-state index in [0.29, 0.717) is 22.5 Å². The summed E-state index contributed by atoms with van der Waals surface area (Å²) in [4.78, 5) is 23.8. The lowest BCUT2D eigenvalue weighted by atomic mass is 10.2. The second-order valence-corrected chi connectivity index (χ2v) is 5.58. The van der Waals surface area contributed by atoms with Crippen molar-refractivity contribution in [3.8, 4) is 0 Å². The molecule has 2 rings (SSSR count). The Balaban J connectivity index is 1.80. The molecule has 0 aliphatic rings. The minimum absolute atomic E-state index is 0.0336. The monoisotopic (exact) mass is 352 g/mol. The lowest BCUT2D eigenvalue weighted by Crippen LogP contribution is -2.17. The molecule has 0 saturated heterocycles. The molecule has 26 heavy (non-hydrogen) atoms. The van der Waals surface area contributed by atoms with Gasteiger partial charge in [-0.2, -0.15) is 0 Å². The van der Waals surface area contributed by atoms with E-state index in [-0.39, 0.29) is 36.3 Å². The summed E-state index contributed by atoms with van der Waals surface area (Å²) < 4.78 is 0. The Morgan fingerprint density at radius 3 is 1.27 bits per heavy atom. The van der Waals surface area contributed by atoms with Crippen molar-refractivity contribution in [1.29, 1.82) is 10.8 Å². The van der Waals surface area contributed by atoms with E-state index in [1.807, 2.05) is 0 Å². The molecule has 0 heterocycles. The standard InChI is InChI=1S/C18H20N6O2/c19-17(20)11-1-5-13(6-2-11)23-15(25)9-10-16(26)24-14-7-3-12(4-8-14)18(21)22/h1-8H,9-10H2,(H3,19,20)(H3,21,22)(H,23,25)(H,24,26). The maximum absolute atomic E-state index is 11.9. The van der Waals surface area contributed by atoms with Gasteiger partial charge in [0.15, 0.2) is 0 Å². The van der Waals surface area contributed by atoms with Gasteiger partial charge in [-0.05, 0) is 48.5 Å². The van der Waals surface area contributed by atoms with Gasteiger partial charge < -0.3 is 22.1 Å². The largest absolute Gasteiger partial charge is 0.384 e. The van der Waals surface area contributed by atoms with Crippen LogP contribution in [0.1, 0.15) is 24.0 Å². The summed E-state index contributed by atoms with van der Waals surface area (Å²) in [7, 11) is 0. The molecule has 0 saturated carbocycles. The predicted octanol–water partition coefficient (Wildman–Crippen LogP) is 1.61. The fourth-order valence-electron chi connectivity index (χ4n) is 2.14. The second kappa shape index (κ2) is 8.43. The number of amides is 2. The highest BCUT2D eigenvalue weighted by Gasteiger charge is 2.08. The molecule has 0 aliphatic carbocycles. The van der Waals surface area contributed by atoms with Gasteiger partial charge in [0.05, 0.1) is 0 Å². The molecule has 2 aromatic rings. The zero-order valence-electron chi connectivity index (χ0n) is 14.0. The summed E-state index contributed by atoms with van der Waals surface area (Å²) in [6.07, 6.45) is 0.0671. The summed E-state index contributed by atoms with van der Waals surface area (Å²) in [5.41, 5.74) is 13.0. The number of amidine groups is 2. The van der Waals surface area contributed by atoms with Crippen LogP contribution in [0.4, 0.5) is 11.4 Å². The lowest BCUT2D eigenvalue weighted by Gasteiger charge is -2.08. The Labute approximate surface area is 150 Å². The molecule has 134 valence electrons. The van der Waals surface area contributed by atoms with Crippen LogP contribution in [0.15, 0.2) is 48.5 Å². The van der Waals surface area contributed by atoms with E-state index >= 15 is 0 Å². The first-order valence-corrected chi connectivity index (χ1v) is 7.84. The number of benzene rings is 2. The highest BCUT2D eigenvalue weighted by atomic mass is 16.2. The molecule has 0 aromatic heterocycles. The maximum atomic E-state index is 11.9. The Morgan fingerprint density at radius 2 is 1.00 bits per heavy atom. The van der Waals surface area contributed by atoms with Gasteiger partial charge in [0.1, 0.15) is 11.7 Å². The van der Waals surface area contributed by atoms with Crippen molar-refractivity contribution in [2.75, 3.05) is 10.6 Å². The Kier molecular flexibility index (Phi) is 6.05. The van der Waals surface area contributed by atoms with Gasteiger partial charge in [-0.3, -0.25) is 20.4 Å². The minimum atomic E-state index is -0.289. The third-order valence-corrected chi connectivity index (χ3v) is 3.54. The average Bonchev–Trinajstić information content (AvgIpc) is 2.61. The summed E-state index contributed by atoms with van der Waals surface area (Å²) in [5.74, 6) is -0.669. The van der Waals surface area contributed by atoms with Gasteiger partial charge in [0, 0.05) is 35.3 Å². The highest BCUT2D eigenvalue weighted by Crippen LogP contribution is 2.12. The van der Waals surface area contributed by atoms with Gasteiger partial charge >= 0.3 is 0 Å². The van der Waals surface area contributed by atoms with E-state index < -0.39 is 0 Å². The quantitative estimate of drug-likeness (QED) is 0.330. The van der Waals surface area contributed by atoms with Crippen molar-refractivity contribution < 1.29 is 9.59 Å². The van der Waals surface area contributed by atoms with E-state index in [4.69, 9.17) is 22.3 Å². The van der Waals surface area contributed by atoms with Gasteiger partial charge in [-0.15, -0.1) is 0 Å². The number of rotatable bonds is 7. The summed E-state index contributed by atoms with van der Waals surface area (Å²) in [5, 5.41) is 20.0. The van der Waals surface area contributed by atoms with Crippen LogP contribution >= 0.6 is 0 Å². The first kappa shape index (κ1) is 18.7. The molecule has 8 N–H and O–H groups in total. The second-order valence-electron chi connectivity index (χ2n) is 5.58. The first-order valence-electron chi connectivity index (χ1n) is 7.84. The van der Waals surface area contributed by atoms with Gasteiger partial charge in [0.25, 0.3) is 0 Å². The van der Waals surface area contributed by atoms with Crippen LogP contribution in [0, 0.1) is 10.8 Å². The van der Waals surface area contributed by atoms with Crippen LogP contribution in [0.3, 0.4) is 0 Å². The van der Waals surface area contributed by atoms with E-state index in [1.165, 1.54) is 0 Å². The van der Waals surface area contributed by atoms with Gasteiger partial charge in [-0.25, -0.2) is 0 Å². The Hall–Kier alpha value is -3.68. The molecule has 8 nitrogen and oxygen atoms in total. The molecule has 0 atom stereocenters. The van der Waals surface area contributed by atoms with Crippen molar-refractivity contribution in [2.24, 2.45) is 11.5 Å². The molecular weight excluding hydrogens is 332 g/mol. The normalized spacial score (nSPS) is 10.0. The van der Waals surface area contributed by atoms with Crippen molar-refractivity contribution in [2.45, 2.75) is 12.8 Å². The van der Waals surface area contributed by atoms with Crippen LogP contribution in [0.5, 0.6) is 0 Å². The number of nitrogens with one attached hydrogen (secondary N) is 4. The number of hydrogen-bond donors (Lipinski definition) is 6. The first-order chi connectivity index (χ1) is 12.3. The topological polar surface area (TPSA) is 158 Å². The van der Waals surface area contributed by atoms with Crippen LogP contribution in [0.2, 0.25) is 0 Å². The van der Waals surface area contributed by atoms with Crippen LogP contribution in [-0.4, -0.2) is 23.5 Å². The fourth-order valence-corrected chi connectivity index (χ4v) is 2.14.